The van der Waals surface area contributed by atoms with Crippen LogP contribution in [0.1, 0.15) is 168 Å². The number of phosphoric ester groups is 1. The number of rotatable bonds is 38. The zero-order valence-electron chi connectivity index (χ0n) is 35.2. The van der Waals surface area contributed by atoms with E-state index in [1.54, 1.807) is 12.2 Å². The van der Waals surface area contributed by atoms with Crippen LogP contribution in [0.2, 0.25) is 0 Å². The molecule has 0 rings (SSSR count). The van der Waals surface area contributed by atoms with Crippen molar-refractivity contribution in [2.45, 2.75) is 174 Å². The van der Waals surface area contributed by atoms with Crippen LogP contribution in [0.4, 0.5) is 0 Å². The normalized spacial score (nSPS) is 14.1. The van der Waals surface area contributed by atoms with Gasteiger partial charge in [-0.05, 0) is 25.7 Å². The molecule has 0 radical (unpaired) electrons. The topological polar surface area (TPSA) is 108 Å². The molecule has 9 nitrogen and oxygen atoms in total. The van der Waals surface area contributed by atoms with Gasteiger partial charge in [0.05, 0.1) is 27.7 Å². The first kappa shape index (κ1) is 52.0. The molecule has 2 atom stereocenters. The number of ether oxygens (including phenoxy) is 2. The molecule has 0 aliphatic heterocycles. The lowest BCUT2D eigenvalue weighted by Gasteiger charge is -2.24. The van der Waals surface area contributed by atoms with Crippen LogP contribution in [0.3, 0.4) is 0 Å². The molecule has 0 fully saturated rings. The number of quaternary nitrogens is 1. The molecular formula is C44H81NO8P+. The van der Waals surface area contributed by atoms with Crippen molar-refractivity contribution in [2.24, 2.45) is 0 Å². The Morgan fingerprint density at radius 2 is 0.981 bits per heavy atom. The third kappa shape index (κ3) is 39.7. The molecule has 0 aromatic heterocycles. The monoisotopic (exact) mass is 783 g/mol. The molecule has 314 valence electrons. The minimum Gasteiger partial charge on any atom is -0.458 e. The summed E-state index contributed by atoms with van der Waals surface area (Å²) in [6, 6.07) is 0. The number of likely N-dealkylation sites (N-methyl/N-ethyl adjacent to an activating group) is 1. The van der Waals surface area contributed by atoms with Gasteiger partial charge in [-0.3, -0.25) is 9.05 Å². The van der Waals surface area contributed by atoms with E-state index in [1.807, 2.05) is 45.4 Å². The smallest absolute Gasteiger partial charge is 0.458 e. The lowest BCUT2D eigenvalue weighted by molar-refractivity contribution is -0.870. The molecule has 0 saturated heterocycles. The Balaban J connectivity index is 4.59. The van der Waals surface area contributed by atoms with Gasteiger partial charge in [-0.1, -0.05) is 179 Å². The summed E-state index contributed by atoms with van der Waals surface area (Å²) in [5.74, 6) is -1.30. The second kappa shape index (κ2) is 36.6. The van der Waals surface area contributed by atoms with Crippen LogP contribution in [0.25, 0.3) is 0 Å². The number of hydrogen-bond acceptors (Lipinski definition) is 7. The molecule has 1 unspecified atom stereocenters. The van der Waals surface area contributed by atoms with Gasteiger partial charge in [0.1, 0.15) is 19.8 Å². The standard InChI is InChI=1S/C44H80NO8P/c1-6-8-10-12-14-16-18-20-22-24-26-28-30-32-34-36-43(46)50-40-42(41-52-54(48,49)51-39-38-45(3,4)5)53-44(47)37-35-33-31-29-27-25-23-21-19-17-15-13-11-9-7-2/h30-37,42H,6-29,38-41H2,1-5H3/p+1/b32-30+,33-31+,36-34+,37-35+/t42-/m1/s1. The van der Waals surface area contributed by atoms with Crippen molar-refractivity contribution in [3.8, 4) is 0 Å². The number of hydrogen-bond donors (Lipinski definition) is 1. The summed E-state index contributed by atoms with van der Waals surface area (Å²) in [6.07, 6.45) is 42.9. The van der Waals surface area contributed by atoms with E-state index in [2.05, 4.69) is 13.8 Å². The maximum absolute atomic E-state index is 12.5. The van der Waals surface area contributed by atoms with Crippen LogP contribution in [0.5, 0.6) is 0 Å². The Morgan fingerprint density at radius 1 is 0.574 bits per heavy atom. The Labute approximate surface area is 331 Å². The molecule has 0 bridgehead atoms. The van der Waals surface area contributed by atoms with E-state index >= 15 is 0 Å². The molecule has 1 N–H and O–H groups in total. The van der Waals surface area contributed by atoms with Crippen molar-refractivity contribution in [1.29, 1.82) is 0 Å². The zero-order chi connectivity index (χ0) is 40.0. The van der Waals surface area contributed by atoms with Crippen molar-refractivity contribution in [1.82, 2.24) is 0 Å². The Morgan fingerprint density at radius 3 is 1.41 bits per heavy atom. The van der Waals surface area contributed by atoms with E-state index in [4.69, 9.17) is 18.5 Å². The highest BCUT2D eigenvalue weighted by Crippen LogP contribution is 2.43. The average Bonchev–Trinajstić information content (AvgIpc) is 3.12. The summed E-state index contributed by atoms with van der Waals surface area (Å²) in [5, 5.41) is 0. The SMILES string of the molecule is CCCCCCCCCCCCC/C=C/C=C/C(=O)OC[C@H](COP(=O)(O)OCC[N+](C)(C)C)OC(=O)/C=C/C=C/CCCCCCCCCCCCC. The van der Waals surface area contributed by atoms with E-state index in [9.17, 15) is 19.0 Å². The number of carbonyl (C=O) groups excluding carboxylic acids is 2. The van der Waals surface area contributed by atoms with Gasteiger partial charge in [-0.25, -0.2) is 14.2 Å². The highest BCUT2D eigenvalue weighted by Gasteiger charge is 2.26. The third-order valence-electron chi connectivity index (χ3n) is 9.04. The Hall–Kier alpha value is -2.03. The number of phosphoric acid groups is 1. The van der Waals surface area contributed by atoms with Crippen molar-refractivity contribution in [3.05, 3.63) is 48.6 Å². The molecule has 0 saturated carbocycles. The minimum atomic E-state index is -4.42. The fourth-order valence-electron chi connectivity index (χ4n) is 5.66. The van der Waals surface area contributed by atoms with Gasteiger partial charge in [0.2, 0.25) is 0 Å². The average molecular weight is 783 g/mol. The van der Waals surface area contributed by atoms with E-state index < -0.39 is 32.5 Å². The van der Waals surface area contributed by atoms with Crippen molar-refractivity contribution in [3.63, 3.8) is 0 Å². The molecule has 10 heteroatoms. The molecule has 54 heavy (non-hydrogen) atoms. The van der Waals surface area contributed by atoms with Crippen LogP contribution >= 0.6 is 7.82 Å². The first-order valence-corrected chi connectivity index (χ1v) is 22.9. The highest BCUT2D eigenvalue weighted by atomic mass is 31.2. The summed E-state index contributed by atoms with van der Waals surface area (Å²) < 4.78 is 33.8. The lowest BCUT2D eigenvalue weighted by Crippen LogP contribution is -2.37. The number of nitrogens with zero attached hydrogens (tertiary/aromatic N) is 1. The summed E-state index contributed by atoms with van der Waals surface area (Å²) in [4.78, 5) is 35.0. The van der Waals surface area contributed by atoms with Gasteiger partial charge in [-0.2, -0.15) is 0 Å². The largest absolute Gasteiger partial charge is 0.472 e. The van der Waals surface area contributed by atoms with Crippen LogP contribution in [0.15, 0.2) is 48.6 Å². The van der Waals surface area contributed by atoms with Gasteiger partial charge >= 0.3 is 19.8 Å². The van der Waals surface area contributed by atoms with E-state index in [0.717, 1.165) is 25.7 Å². The molecule has 0 amide bonds. The molecule has 0 aromatic rings. The van der Waals surface area contributed by atoms with Crippen LogP contribution in [0, 0.1) is 0 Å². The quantitative estimate of drug-likeness (QED) is 0.0165. The number of allylic oxidation sites excluding steroid dienone is 6. The van der Waals surface area contributed by atoms with Crippen LogP contribution in [-0.2, 0) is 32.7 Å². The summed E-state index contributed by atoms with van der Waals surface area (Å²) >= 11 is 0. The molecule has 0 aromatic carbocycles. The second-order valence-corrected chi connectivity index (χ2v) is 17.0. The summed E-state index contributed by atoms with van der Waals surface area (Å²) in [6.45, 7) is 4.16. The fourth-order valence-corrected chi connectivity index (χ4v) is 6.40. The van der Waals surface area contributed by atoms with Crippen LogP contribution in [-0.4, -0.2) is 74.9 Å². The van der Waals surface area contributed by atoms with Crippen LogP contribution < -0.4 is 0 Å². The fraction of sp³-hybridized carbons (Fsp3) is 0.773. The first-order chi connectivity index (χ1) is 26.0. The maximum atomic E-state index is 12.5. The van der Waals surface area contributed by atoms with Gasteiger partial charge in [0.25, 0.3) is 0 Å². The van der Waals surface area contributed by atoms with Crippen molar-refractivity contribution < 1.29 is 42.1 Å². The lowest BCUT2D eigenvalue weighted by atomic mass is 10.1. The number of unbranched alkanes of at least 4 members (excludes halogenated alkanes) is 22. The number of carbonyl (C=O) groups is 2. The molecule has 0 aliphatic rings. The highest BCUT2D eigenvalue weighted by molar-refractivity contribution is 7.47. The van der Waals surface area contributed by atoms with E-state index in [0.29, 0.717) is 11.0 Å². The van der Waals surface area contributed by atoms with Gasteiger partial charge in [0.15, 0.2) is 6.10 Å². The summed E-state index contributed by atoms with van der Waals surface area (Å²) in [7, 11) is 1.38. The Bertz CT molecular complexity index is 1070. The first-order valence-electron chi connectivity index (χ1n) is 21.4. The summed E-state index contributed by atoms with van der Waals surface area (Å²) in [5.41, 5.74) is 0. The second-order valence-electron chi connectivity index (χ2n) is 15.5. The molecule has 0 spiro atoms. The van der Waals surface area contributed by atoms with Crippen molar-refractivity contribution in [2.75, 3.05) is 47.5 Å². The zero-order valence-corrected chi connectivity index (χ0v) is 36.1. The van der Waals surface area contributed by atoms with Gasteiger partial charge < -0.3 is 18.9 Å². The third-order valence-corrected chi connectivity index (χ3v) is 10.0. The van der Waals surface area contributed by atoms with Crippen molar-refractivity contribution >= 4 is 19.8 Å². The minimum absolute atomic E-state index is 0.00253. The van der Waals surface area contributed by atoms with Gasteiger partial charge in [-0.15, -0.1) is 0 Å². The predicted octanol–water partition coefficient (Wildman–Crippen LogP) is 11.9. The molecular weight excluding hydrogens is 701 g/mol. The van der Waals surface area contributed by atoms with E-state index in [1.165, 1.54) is 141 Å². The molecule has 0 aliphatic carbocycles. The Kier molecular flexibility index (Phi) is 35.2. The predicted molar refractivity (Wildman–Crippen MR) is 224 cm³/mol. The molecule has 0 heterocycles. The van der Waals surface area contributed by atoms with Gasteiger partial charge in [0, 0.05) is 12.2 Å². The number of esters is 2. The maximum Gasteiger partial charge on any atom is 0.472 e. The van der Waals surface area contributed by atoms with E-state index in [-0.39, 0.29) is 13.2 Å².